The molecule has 2 fully saturated rings. The van der Waals surface area contributed by atoms with E-state index in [1.165, 1.54) is 0 Å². The lowest BCUT2D eigenvalue weighted by atomic mass is 9.98. The van der Waals surface area contributed by atoms with Gasteiger partial charge >= 0.3 is 6.09 Å². The van der Waals surface area contributed by atoms with E-state index in [1.54, 1.807) is 4.90 Å². The van der Waals surface area contributed by atoms with Gasteiger partial charge < -0.3 is 20.3 Å². The van der Waals surface area contributed by atoms with E-state index in [4.69, 9.17) is 27.9 Å². The van der Waals surface area contributed by atoms with E-state index in [1.807, 2.05) is 26.2 Å². The van der Waals surface area contributed by atoms with Gasteiger partial charge in [-0.15, -0.1) is 0 Å². The molecule has 2 amide bonds. The van der Waals surface area contributed by atoms with Crippen LogP contribution in [-0.2, 0) is 4.74 Å². The van der Waals surface area contributed by atoms with Crippen molar-refractivity contribution in [1.82, 2.24) is 25.2 Å². The lowest BCUT2D eigenvalue weighted by Crippen LogP contribution is -2.59. The Morgan fingerprint density at radius 2 is 1.85 bits per heavy atom. The molecule has 184 valence electrons. The third kappa shape index (κ3) is 5.96. The summed E-state index contributed by atoms with van der Waals surface area (Å²) in [6, 6.07) is 0.695. The number of nitrogens with zero attached hydrogens (tertiary/aromatic N) is 5. The van der Waals surface area contributed by atoms with Gasteiger partial charge in [0.2, 0.25) is 0 Å². The van der Waals surface area contributed by atoms with Gasteiger partial charge in [-0.2, -0.15) is 0 Å². The predicted molar refractivity (Wildman–Crippen MR) is 127 cm³/mol. The molecule has 11 nitrogen and oxygen atoms in total. The van der Waals surface area contributed by atoms with Gasteiger partial charge in [0.15, 0.2) is 22.5 Å². The number of aromatic nitrogens is 2. The van der Waals surface area contributed by atoms with Crippen LogP contribution in [0.1, 0.15) is 57.4 Å². The molecule has 0 spiro atoms. The molecular weight excluding hydrogens is 448 g/mol. The van der Waals surface area contributed by atoms with Gasteiger partial charge in [-0.1, -0.05) is 18.5 Å². The zero-order chi connectivity index (χ0) is 24.3. The molecule has 2 aliphatic heterocycles. The summed E-state index contributed by atoms with van der Waals surface area (Å²) in [5, 5.41) is 0.122. The highest BCUT2D eigenvalue weighted by atomic mass is 35.5. The number of hydrogen-bond acceptors (Lipinski definition) is 9. The third-order valence-electron chi connectivity index (χ3n) is 6.09. The number of ether oxygens (including phenoxy) is 1. The second kappa shape index (κ2) is 10.3. The highest BCUT2D eigenvalue weighted by molar-refractivity contribution is 6.32. The fourth-order valence-electron chi connectivity index (χ4n) is 4.47. The number of hydrogen-bond donors (Lipinski definition) is 3. The number of amides is 2. The molecule has 2 aliphatic rings. The second-order valence-corrected chi connectivity index (χ2v) is 9.85. The van der Waals surface area contributed by atoms with Crippen molar-refractivity contribution in [2.45, 2.75) is 64.6 Å². The Bertz CT molecular complexity index is 870. The Kier molecular flexibility index (Phi) is 7.86. The van der Waals surface area contributed by atoms with Crippen LogP contribution >= 0.6 is 11.6 Å². The van der Waals surface area contributed by atoms with Crippen molar-refractivity contribution in [3.05, 3.63) is 10.8 Å². The highest BCUT2D eigenvalue weighted by Gasteiger charge is 2.36. The lowest BCUT2D eigenvalue weighted by molar-refractivity contribution is 0.00943. The van der Waals surface area contributed by atoms with Crippen LogP contribution in [0.25, 0.3) is 0 Å². The molecule has 1 unspecified atom stereocenters. The quantitative estimate of drug-likeness (QED) is 0.331. The molecule has 1 atom stereocenters. The van der Waals surface area contributed by atoms with E-state index in [-0.39, 0.29) is 22.8 Å². The number of likely N-dealkylation sites (tertiary alicyclic amines) is 1. The second-order valence-electron chi connectivity index (χ2n) is 9.49. The van der Waals surface area contributed by atoms with Crippen LogP contribution in [0.2, 0.25) is 5.15 Å². The molecule has 2 saturated heterocycles. The summed E-state index contributed by atoms with van der Waals surface area (Å²) in [5.41, 5.74) is 7.35. The van der Waals surface area contributed by atoms with Crippen molar-refractivity contribution in [1.29, 1.82) is 0 Å². The van der Waals surface area contributed by atoms with E-state index in [0.29, 0.717) is 37.5 Å². The van der Waals surface area contributed by atoms with Gasteiger partial charge in [0.25, 0.3) is 5.91 Å². The maximum Gasteiger partial charge on any atom is 0.410 e. The molecular formula is C21H35ClN8O3. The number of anilines is 2. The Morgan fingerprint density at radius 3 is 2.42 bits per heavy atom. The Hall–Kier alpha value is -2.37. The monoisotopic (exact) mass is 482 g/mol. The van der Waals surface area contributed by atoms with Gasteiger partial charge in [0.1, 0.15) is 5.60 Å². The van der Waals surface area contributed by atoms with E-state index in [0.717, 1.165) is 32.4 Å². The molecule has 0 radical (unpaired) electrons. The summed E-state index contributed by atoms with van der Waals surface area (Å²) in [6.45, 7) is 11.4. The number of hydrazine groups is 1. The molecule has 3 rings (SSSR count). The molecule has 33 heavy (non-hydrogen) atoms. The van der Waals surface area contributed by atoms with E-state index in [2.05, 4.69) is 26.7 Å². The van der Waals surface area contributed by atoms with Gasteiger partial charge in [-0.3, -0.25) is 15.1 Å². The Morgan fingerprint density at radius 1 is 1.18 bits per heavy atom. The van der Waals surface area contributed by atoms with Crippen LogP contribution in [0, 0.1) is 0 Å². The summed E-state index contributed by atoms with van der Waals surface area (Å²) in [4.78, 5) is 39.0. The Balaban J connectivity index is 1.63. The maximum absolute atomic E-state index is 12.4. The van der Waals surface area contributed by atoms with Crippen LogP contribution in [-0.4, -0.2) is 82.2 Å². The summed E-state index contributed by atoms with van der Waals surface area (Å²) in [5.74, 6) is 4.99. The smallest absolute Gasteiger partial charge is 0.410 e. The van der Waals surface area contributed by atoms with Gasteiger partial charge in [0.05, 0.1) is 0 Å². The van der Waals surface area contributed by atoms with E-state index >= 15 is 0 Å². The summed E-state index contributed by atoms with van der Waals surface area (Å²) in [7, 11) is 0. The minimum absolute atomic E-state index is 0.0117. The zero-order valence-electron chi connectivity index (χ0n) is 19.8. The third-order valence-corrected chi connectivity index (χ3v) is 6.35. The normalized spacial score (nSPS) is 20.6. The number of halogens is 1. The first-order valence-electron chi connectivity index (χ1n) is 11.4. The average molecular weight is 483 g/mol. The summed E-state index contributed by atoms with van der Waals surface area (Å²) >= 11 is 6.35. The van der Waals surface area contributed by atoms with Crippen LogP contribution < -0.4 is 21.9 Å². The number of carbonyl (C=O) groups is 2. The van der Waals surface area contributed by atoms with Crippen LogP contribution in [0.3, 0.4) is 0 Å². The number of piperazine rings is 1. The molecule has 0 bridgehead atoms. The molecule has 12 heteroatoms. The first-order chi connectivity index (χ1) is 15.5. The van der Waals surface area contributed by atoms with Crippen molar-refractivity contribution < 1.29 is 14.3 Å². The van der Waals surface area contributed by atoms with Gasteiger partial charge in [0, 0.05) is 44.8 Å². The molecule has 1 aromatic heterocycles. The highest BCUT2D eigenvalue weighted by Crippen LogP contribution is 2.30. The van der Waals surface area contributed by atoms with Crippen molar-refractivity contribution >= 4 is 35.2 Å². The number of carbonyl (C=O) groups excluding carboxylic acids is 2. The van der Waals surface area contributed by atoms with Crippen LogP contribution in [0.5, 0.6) is 0 Å². The maximum atomic E-state index is 12.4. The summed E-state index contributed by atoms with van der Waals surface area (Å²) in [6.07, 6.45) is 2.53. The average Bonchev–Trinajstić information content (AvgIpc) is 2.78. The first kappa shape index (κ1) is 25.3. The molecule has 1 aromatic rings. The van der Waals surface area contributed by atoms with E-state index < -0.39 is 11.5 Å². The standard InChI is InChI=1S/C21H35ClN8O3/c1-5-13-12-29(18-16(22)25-15(17(23)26-18)19(31)27-24)10-11-30(13)14-6-8-28(9-7-14)20(32)33-21(2,3)4/h13-14H,5-12,24H2,1-4H3,(H2,23,26)(H,27,31). The number of rotatable bonds is 4. The van der Waals surface area contributed by atoms with Crippen molar-refractivity contribution in [2.24, 2.45) is 5.84 Å². The molecule has 0 saturated carbocycles. The van der Waals surface area contributed by atoms with Crippen molar-refractivity contribution in [2.75, 3.05) is 43.4 Å². The first-order valence-corrected chi connectivity index (χ1v) is 11.7. The number of nitrogen functional groups attached to an aromatic ring is 2. The van der Waals surface area contributed by atoms with Gasteiger partial charge in [-0.05, 0) is 40.0 Å². The van der Waals surface area contributed by atoms with Crippen LogP contribution in [0.4, 0.5) is 16.4 Å². The summed E-state index contributed by atoms with van der Waals surface area (Å²) < 4.78 is 5.51. The topological polar surface area (TPSA) is 143 Å². The minimum atomic E-state index is -0.637. The largest absolute Gasteiger partial charge is 0.444 e. The number of nitrogens with one attached hydrogen (secondary N) is 1. The van der Waals surface area contributed by atoms with Crippen LogP contribution in [0.15, 0.2) is 0 Å². The zero-order valence-corrected chi connectivity index (χ0v) is 20.6. The van der Waals surface area contributed by atoms with Crippen molar-refractivity contribution in [3.63, 3.8) is 0 Å². The number of piperidine rings is 1. The fourth-order valence-corrected chi connectivity index (χ4v) is 4.71. The van der Waals surface area contributed by atoms with Crippen molar-refractivity contribution in [3.8, 4) is 0 Å². The Labute approximate surface area is 199 Å². The molecule has 0 aromatic carbocycles. The fraction of sp³-hybridized carbons (Fsp3) is 0.714. The SMILES string of the molecule is CCC1CN(c2nc(N)c(C(=O)NN)nc2Cl)CCN1C1CCN(C(=O)OC(C)(C)C)CC1. The predicted octanol–water partition coefficient (Wildman–Crippen LogP) is 1.62. The molecule has 0 aliphatic carbocycles. The molecule has 5 N–H and O–H groups in total. The lowest BCUT2D eigenvalue weighted by Gasteiger charge is -2.47. The molecule has 3 heterocycles. The van der Waals surface area contributed by atoms with Gasteiger partial charge in [-0.25, -0.2) is 20.6 Å². The number of nitrogens with two attached hydrogens (primary N) is 2. The van der Waals surface area contributed by atoms with E-state index in [9.17, 15) is 9.59 Å². The minimum Gasteiger partial charge on any atom is -0.444 e.